The third-order valence-electron chi connectivity index (χ3n) is 8.43. The van der Waals surface area contributed by atoms with Crippen LogP contribution in [0.4, 0.5) is 9.59 Å². The third-order valence-corrected chi connectivity index (χ3v) is 9.94. The van der Waals surface area contributed by atoms with E-state index in [4.69, 9.17) is 18.9 Å². The zero-order chi connectivity index (χ0) is 33.3. The van der Waals surface area contributed by atoms with Gasteiger partial charge in [0.15, 0.2) is 6.29 Å². The molecular weight excluding hydrogens is 616 g/mol. The number of ether oxygens (including phenoxy) is 4. The van der Waals surface area contributed by atoms with Gasteiger partial charge in [0.2, 0.25) is 10.0 Å². The molecular formula is C32H46N4O9S. The Balaban J connectivity index is 1.58. The summed E-state index contributed by atoms with van der Waals surface area (Å²) in [5, 5.41) is 20.0. The summed E-state index contributed by atoms with van der Waals surface area (Å²) in [6, 6.07) is 12.9. The summed E-state index contributed by atoms with van der Waals surface area (Å²) in [5.74, 6) is 0.422. The average molecular weight is 663 g/mol. The summed E-state index contributed by atoms with van der Waals surface area (Å²) in [7, 11) is -1.12. The first-order chi connectivity index (χ1) is 21.9. The van der Waals surface area contributed by atoms with Crippen molar-refractivity contribution in [3.05, 3.63) is 60.2 Å². The molecule has 254 valence electrons. The minimum Gasteiger partial charge on any atom is -0.497 e. The maximum atomic E-state index is 13.6. The summed E-state index contributed by atoms with van der Waals surface area (Å²) in [5.41, 5.74) is 0.275. The van der Waals surface area contributed by atoms with E-state index in [2.05, 4.69) is 20.7 Å². The number of benzene rings is 2. The molecule has 13 nitrogen and oxygen atoms in total. The van der Waals surface area contributed by atoms with Gasteiger partial charge in [-0.3, -0.25) is 0 Å². The van der Waals surface area contributed by atoms with Crippen molar-refractivity contribution in [2.75, 3.05) is 33.9 Å². The van der Waals surface area contributed by atoms with E-state index in [-0.39, 0.29) is 36.3 Å². The molecule has 2 saturated heterocycles. The minimum absolute atomic E-state index is 0.00821. The smallest absolute Gasteiger partial charge is 0.407 e. The number of alkyl carbamates (subject to hydrolysis) is 1. The van der Waals surface area contributed by atoms with E-state index >= 15 is 0 Å². The number of amides is 3. The first kappa shape index (κ1) is 35.4. The highest BCUT2D eigenvalue weighted by molar-refractivity contribution is 7.89. The Labute approximate surface area is 270 Å². The minimum atomic E-state index is -4.12. The topological polar surface area (TPSA) is 174 Å². The van der Waals surface area contributed by atoms with Crippen LogP contribution in [0.15, 0.2) is 59.5 Å². The maximum absolute atomic E-state index is 13.6. The average Bonchev–Trinajstić information content (AvgIpc) is 3.65. The molecule has 2 fully saturated rings. The van der Waals surface area contributed by atoms with Crippen LogP contribution >= 0.6 is 0 Å². The predicted octanol–water partition coefficient (Wildman–Crippen LogP) is 2.54. The van der Waals surface area contributed by atoms with Crippen LogP contribution in [-0.4, -0.2) is 90.1 Å². The van der Waals surface area contributed by atoms with Crippen LogP contribution in [0.3, 0.4) is 0 Å². The number of methoxy groups -OCH3 is 1. The molecule has 0 aromatic heterocycles. The Kier molecular flexibility index (Phi) is 12.3. The first-order valence-electron chi connectivity index (χ1n) is 15.4. The van der Waals surface area contributed by atoms with E-state index < -0.39 is 52.1 Å². The van der Waals surface area contributed by atoms with Gasteiger partial charge in [-0.05, 0) is 60.9 Å². The molecule has 46 heavy (non-hydrogen) atoms. The predicted molar refractivity (Wildman–Crippen MR) is 170 cm³/mol. The van der Waals surface area contributed by atoms with E-state index in [1.54, 1.807) is 0 Å². The van der Waals surface area contributed by atoms with Crippen molar-refractivity contribution in [2.45, 2.75) is 75.0 Å². The van der Waals surface area contributed by atoms with Crippen molar-refractivity contribution in [3.8, 4) is 5.75 Å². The molecule has 0 spiro atoms. The highest BCUT2D eigenvalue weighted by Gasteiger charge is 2.44. The van der Waals surface area contributed by atoms with E-state index in [1.165, 1.54) is 38.4 Å². The van der Waals surface area contributed by atoms with Gasteiger partial charge in [-0.2, -0.15) is 0 Å². The van der Waals surface area contributed by atoms with E-state index in [1.807, 2.05) is 44.2 Å². The van der Waals surface area contributed by atoms with Gasteiger partial charge in [0.05, 0.1) is 49.3 Å². The van der Waals surface area contributed by atoms with Gasteiger partial charge < -0.3 is 40.0 Å². The molecule has 4 rings (SSSR count). The number of aliphatic hydroxyl groups is 1. The Morgan fingerprint density at radius 1 is 1.07 bits per heavy atom. The largest absolute Gasteiger partial charge is 0.497 e. The second kappa shape index (κ2) is 15.9. The molecule has 14 heteroatoms. The monoisotopic (exact) mass is 662 g/mol. The van der Waals surface area contributed by atoms with Crippen molar-refractivity contribution < 1.29 is 42.1 Å². The molecule has 2 aromatic rings. The van der Waals surface area contributed by atoms with Crippen LogP contribution in [0.2, 0.25) is 0 Å². The van der Waals surface area contributed by atoms with Gasteiger partial charge in [-0.25, -0.2) is 22.7 Å². The molecule has 3 amide bonds. The molecule has 2 heterocycles. The molecule has 1 unspecified atom stereocenters. The lowest BCUT2D eigenvalue weighted by Crippen LogP contribution is -2.56. The molecule has 6 atom stereocenters. The lowest BCUT2D eigenvalue weighted by atomic mass is 9.80. The zero-order valence-corrected chi connectivity index (χ0v) is 27.5. The van der Waals surface area contributed by atoms with Crippen LogP contribution in [0.25, 0.3) is 0 Å². The van der Waals surface area contributed by atoms with Gasteiger partial charge in [0.1, 0.15) is 11.9 Å². The third kappa shape index (κ3) is 9.79. The van der Waals surface area contributed by atoms with Crippen molar-refractivity contribution in [2.24, 2.45) is 11.3 Å². The van der Waals surface area contributed by atoms with Gasteiger partial charge in [0, 0.05) is 13.6 Å². The second-order valence-electron chi connectivity index (χ2n) is 12.4. The standard InChI is InChI=1S/C32H46N4O9S/c1-32(2,15-16-34-30(38)33-3)19-26(36-46(40,41)23-12-10-22(42-4)11-13-23)28(37)25(18-21-8-6-5-7-9-21)35-31(39)45-27-20-44-29-24(27)14-17-43-29/h5-13,24-29,36-37H,14-20H2,1-4H3,(H,35,39)(H2,33,34,38)/t24-,25-,26?,27-,28+,29+/m0/s1. The van der Waals surface area contributed by atoms with Crippen molar-refractivity contribution in [1.29, 1.82) is 0 Å². The molecule has 0 radical (unpaired) electrons. The molecule has 2 aliphatic rings. The number of hydrogen-bond donors (Lipinski definition) is 5. The second-order valence-corrected chi connectivity index (χ2v) is 14.1. The number of nitrogens with one attached hydrogen (secondary N) is 4. The summed E-state index contributed by atoms with van der Waals surface area (Å²) in [6.45, 7) is 4.91. The Bertz CT molecular complexity index is 1390. The molecule has 2 aromatic carbocycles. The number of sulfonamides is 1. The van der Waals surface area contributed by atoms with Crippen LogP contribution in [-0.2, 0) is 30.7 Å². The number of carbonyl (C=O) groups excluding carboxylic acids is 2. The summed E-state index contributed by atoms with van der Waals surface area (Å²) in [6.07, 6.45) is -1.46. The lowest BCUT2D eigenvalue weighted by Gasteiger charge is -2.36. The SMILES string of the molecule is CNC(=O)NCCC(C)(C)CC(NS(=O)(=O)c1ccc(OC)cc1)[C@H](O)[C@H](Cc1ccccc1)NC(=O)O[C@H]1CO[C@H]2OCC[C@H]21. The Morgan fingerprint density at radius 3 is 2.46 bits per heavy atom. The Morgan fingerprint density at radius 2 is 1.78 bits per heavy atom. The first-order valence-corrected chi connectivity index (χ1v) is 16.9. The highest BCUT2D eigenvalue weighted by atomic mass is 32.2. The van der Waals surface area contributed by atoms with E-state index in [0.29, 0.717) is 31.7 Å². The fourth-order valence-electron chi connectivity index (χ4n) is 5.83. The van der Waals surface area contributed by atoms with Gasteiger partial charge in [-0.15, -0.1) is 0 Å². The molecule has 0 bridgehead atoms. The molecule has 2 aliphatic heterocycles. The zero-order valence-electron chi connectivity index (χ0n) is 26.7. The number of urea groups is 1. The van der Waals surface area contributed by atoms with Crippen molar-refractivity contribution in [1.82, 2.24) is 20.7 Å². The molecule has 5 N–H and O–H groups in total. The fourth-order valence-corrected chi connectivity index (χ4v) is 7.08. The molecule has 0 saturated carbocycles. The quantitative estimate of drug-likeness (QED) is 0.192. The number of fused-ring (bicyclic) bond motifs is 1. The van der Waals surface area contributed by atoms with Gasteiger partial charge in [0.25, 0.3) is 0 Å². The summed E-state index contributed by atoms with van der Waals surface area (Å²) >= 11 is 0. The molecule has 0 aliphatic carbocycles. The Hall–Kier alpha value is -3.43. The highest BCUT2D eigenvalue weighted by Crippen LogP contribution is 2.33. The van der Waals surface area contributed by atoms with Crippen LogP contribution in [0.5, 0.6) is 5.75 Å². The normalized spacial score (nSPS) is 21.5. The van der Waals surface area contributed by atoms with Crippen LogP contribution < -0.4 is 25.4 Å². The van der Waals surface area contributed by atoms with Crippen LogP contribution in [0, 0.1) is 11.3 Å². The van der Waals surface area contributed by atoms with Gasteiger partial charge >= 0.3 is 12.1 Å². The number of aliphatic hydroxyl groups excluding tert-OH is 1. The summed E-state index contributed by atoms with van der Waals surface area (Å²) in [4.78, 5) is 25.0. The van der Waals surface area contributed by atoms with E-state index in [9.17, 15) is 23.1 Å². The lowest BCUT2D eigenvalue weighted by molar-refractivity contribution is -0.0907. The number of carbonyl (C=O) groups is 2. The summed E-state index contributed by atoms with van der Waals surface area (Å²) < 4.78 is 52.1. The van der Waals surface area contributed by atoms with Crippen molar-refractivity contribution in [3.63, 3.8) is 0 Å². The van der Waals surface area contributed by atoms with Gasteiger partial charge in [-0.1, -0.05) is 44.2 Å². The fraction of sp³-hybridized carbons (Fsp3) is 0.562. The maximum Gasteiger partial charge on any atom is 0.407 e. The van der Waals surface area contributed by atoms with Crippen LogP contribution in [0.1, 0.15) is 38.7 Å². The van der Waals surface area contributed by atoms with Crippen molar-refractivity contribution >= 4 is 22.1 Å². The number of hydrogen-bond acceptors (Lipinski definition) is 9. The van der Waals surface area contributed by atoms with E-state index in [0.717, 1.165) is 5.56 Å². The number of rotatable bonds is 15.